The maximum atomic E-state index is 12.8. The molecule has 32 heavy (non-hydrogen) atoms. The van der Waals surface area contributed by atoms with E-state index in [1.54, 1.807) is 32.0 Å². The fourth-order valence-electron chi connectivity index (χ4n) is 3.67. The standard InChI is InChI=1S/C21H22N8O3/c1-28-19(22-10-23-28)12-5-4-6-13(17(12)32-3)24-14-9-15(26-20(30)11-7-8-11)25-18-16(14)21(31)29(2)27-18/h4-6,9-11H,7-8H2,1-3H3,(H3,24,25,26,27,30). The Balaban J connectivity index is 1.61. The number of nitrogens with one attached hydrogen (secondary N) is 3. The van der Waals surface area contributed by atoms with E-state index >= 15 is 0 Å². The third kappa shape index (κ3) is 3.37. The summed E-state index contributed by atoms with van der Waals surface area (Å²) < 4.78 is 8.69. The highest BCUT2D eigenvalue weighted by Gasteiger charge is 2.30. The Bertz CT molecular complexity index is 1400. The molecule has 0 aliphatic heterocycles. The van der Waals surface area contributed by atoms with Crippen molar-refractivity contribution in [2.75, 3.05) is 17.7 Å². The first kappa shape index (κ1) is 19.8. The lowest BCUT2D eigenvalue weighted by Crippen LogP contribution is -2.15. The van der Waals surface area contributed by atoms with Crippen LogP contribution in [0.4, 0.5) is 17.2 Å². The van der Waals surface area contributed by atoms with Crippen LogP contribution in [0, 0.1) is 5.92 Å². The Morgan fingerprint density at radius 3 is 2.75 bits per heavy atom. The average molecular weight is 434 g/mol. The van der Waals surface area contributed by atoms with Crippen LogP contribution in [0.2, 0.25) is 0 Å². The lowest BCUT2D eigenvalue weighted by molar-refractivity contribution is -0.117. The fraction of sp³-hybridized carbons (Fsp3) is 0.286. The number of para-hydroxylation sites is 1. The van der Waals surface area contributed by atoms with Crippen molar-refractivity contribution in [1.29, 1.82) is 0 Å². The maximum Gasteiger partial charge on any atom is 0.277 e. The summed E-state index contributed by atoms with van der Waals surface area (Å²) in [5, 5.41) is 13.6. The summed E-state index contributed by atoms with van der Waals surface area (Å²) >= 11 is 0. The number of aromatic amines is 1. The number of hydrogen-bond donors (Lipinski definition) is 3. The van der Waals surface area contributed by atoms with Crippen LogP contribution in [0.5, 0.6) is 5.75 Å². The minimum Gasteiger partial charge on any atom is -0.494 e. The van der Waals surface area contributed by atoms with Crippen LogP contribution in [-0.2, 0) is 18.9 Å². The third-order valence-electron chi connectivity index (χ3n) is 5.45. The van der Waals surface area contributed by atoms with Crippen molar-refractivity contribution in [1.82, 2.24) is 29.5 Å². The second-order valence-corrected chi connectivity index (χ2v) is 7.74. The normalized spacial score (nSPS) is 13.3. The first-order chi connectivity index (χ1) is 15.5. The molecule has 3 heterocycles. The third-order valence-corrected chi connectivity index (χ3v) is 5.45. The molecule has 1 fully saturated rings. The molecule has 1 saturated carbocycles. The number of ether oxygens (including phenoxy) is 1. The molecule has 3 aromatic heterocycles. The van der Waals surface area contributed by atoms with E-state index in [2.05, 4.69) is 30.8 Å². The van der Waals surface area contributed by atoms with Crippen LogP contribution in [0.1, 0.15) is 12.8 Å². The van der Waals surface area contributed by atoms with Gasteiger partial charge in [-0.1, -0.05) is 6.07 Å². The number of amides is 1. The van der Waals surface area contributed by atoms with Crippen molar-refractivity contribution in [3.63, 3.8) is 0 Å². The Kier molecular flexibility index (Phi) is 4.65. The molecule has 0 radical (unpaired) electrons. The van der Waals surface area contributed by atoms with E-state index in [1.807, 2.05) is 18.2 Å². The summed E-state index contributed by atoms with van der Waals surface area (Å²) in [5.74, 6) is 1.51. The Labute approximate surface area is 182 Å². The van der Waals surface area contributed by atoms with Crippen LogP contribution < -0.4 is 20.9 Å². The second kappa shape index (κ2) is 7.52. The SMILES string of the molecule is COc1c(Nc2cc(NC(=O)C3CC3)nc3[nH]n(C)c(=O)c23)cccc1-c1ncnn1C. The molecule has 0 unspecified atom stereocenters. The van der Waals surface area contributed by atoms with Gasteiger partial charge in [0.15, 0.2) is 17.2 Å². The molecular weight excluding hydrogens is 412 g/mol. The molecular formula is C21H22N8O3. The molecule has 0 saturated heterocycles. The molecule has 5 rings (SSSR count). The molecule has 11 nitrogen and oxygen atoms in total. The average Bonchev–Trinajstić information content (AvgIpc) is 3.48. The van der Waals surface area contributed by atoms with Crippen LogP contribution >= 0.6 is 0 Å². The van der Waals surface area contributed by atoms with Crippen molar-refractivity contribution < 1.29 is 9.53 Å². The van der Waals surface area contributed by atoms with Gasteiger partial charge in [0.2, 0.25) is 5.91 Å². The number of methoxy groups -OCH3 is 1. The first-order valence-electron chi connectivity index (χ1n) is 10.1. The summed E-state index contributed by atoms with van der Waals surface area (Å²) in [7, 11) is 4.98. The number of anilines is 3. The number of fused-ring (bicyclic) bond motifs is 1. The van der Waals surface area contributed by atoms with Gasteiger partial charge in [-0.05, 0) is 25.0 Å². The minimum absolute atomic E-state index is 0.0295. The summed E-state index contributed by atoms with van der Waals surface area (Å²) in [6.45, 7) is 0. The van der Waals surface area contributed by atoms with Gasteiger partial charge in [0, 0.05) is 26.1 Å². The molecule has 0 bridgehead atoms. The predicted octanol–water partition coefficient (Wildman–Crippen LogP) is 2.16. The molecule has 3 N–H and O–H groups in total. The number of hydrogen-bond acceptors (Lipinski definition) is 7. The highest BCUT2D eigenvalue weighted by Crippen LogP contribution is 2.38. The zero-order valence-electron chi connectivity index (χ0n) is 17.8. The second-order valence-electron chi connectivity index (χ2n) is 7.74. The van der Waals surface area contributed by atoms with E-state index in [9.17, 15) is 9.59 Å². The van der Waals surface area contributed by atoms with Gasteiger partial charge in [-0.2, -0.15) is 5.10 Å². The van der Waals surface area contributed by atoms with Gasteiger partial charge in [0.05, 0.1) is 24.0 Å². The van der Waals surface area contributed by atoms with Crippen LogP contribution in [0.15, 0.2) is 35.4 Å². The van der Waals surface area contributed by atoms with Gasteiger partial charge in [0.1, 0.15) is 17.5 Å². The molecule has 1 aliphatic carbocycles. The number of rotatable bonds is 6. The van der Waals surface area contributed by atoms with E-state index in [0.29, 0.717) is 39.8 Å². The molecule has 0 atom stereocenters. The minimum atomic E-state index is -0.238. The number of carbonyl (C=O) groups excluding carboxylic acids is 1. The van der Waals surface area contributed by atoms with Gasteiger partial charge in [-0.3, -0.25) is 19.4 Å². The van der Waals surface area contributed by atoms with E-state index in [0.717, 1.165) is 18.4 Å². The van der Waals surface area contributed by atoms with Crippen LogP contribution in [-0.4, -0.2) is 42.5 Å². The Hall–Kier alpha value is -4.15. The molecule has 1 aliphatic rings. The molecule has 1 aromatic carbocycles. The van der Waals surface area contributed by atoms with Crippen molar-refractivity contribution in [3.05, 3.63) is 40.9 Å². The topological polar surface area (TPSA) is 132 Å². The highest BCUT2D eigenvalue weighted by molar-refractivity contribution is 5.98. The summed E-state index contributed by atoms with van der Waals surface area (Å²) in [5.41, 5.74) is 2.00. The zero-order chi connectivity index (χ0) is 22.4. The van der Waals surface area contributed by atoms with E-state index < -0.39 is 0 Å². The first-order valence-corrected chi connectivity index (χ1v) is 10.1. The van der Waals surface area contributed by atoms with E-state index in [1.165, 1.54) is 11.0 Å². The van der Waals surface area contributed by atoms with E-state index in [4.69, 9.17) is 4.74 Å². The Morgan fingerprint density at radius 2 is 2.06 bits per heavy atom. The lowest BCUT2D eigenvalue weighted by atomic mass is 10.1. The van der Waals surface area contributed by atoms with Crippen molar-refractivity contribution in [2.45, 2.75) is 12.8 Å². The van der Waals surface area contributed by atoms with Crippen LogP contribution in [0.3, 0.4) is 0 Å². The quantitative estimate of drug-likeness (QED) is 0.424. The number of aryl methyl sites for hydroxylation is 2. The Morgan fingerprint density at radius 1 is 1.25 bits per heavy atom. The number of pyridine rings is 1. The molecule has 1 amide bonds. The highest BCUT2D eigenvalue weighted by atomic mass is 16.5. The number of benzene rings is 1. The van der Waals surface area contributed by atoms with Gasteiger partial charge < -0.3 is 15.4 Å². The van der Waals surface area contributed by atoms with Gasteiger partial charge >= 0.3 is 0 Å². The fourth-order valence-corrected chi connectivity index (χ4v) is 3.67. The van der Waals surface area contributed by atoms with Crippen molar-refractivity contribution >= 4 is 34.1 Å². The number of carbonyl (C=O) groups is 1. The zero-order valence-corrected chi connectivity index (χ0v) is 17.8. The van der Waals surface area contributed by atoms with Crippen molar-refractivity contribution in [3.8, 4) is 17.1 Å². The summed E-state index contributed by atoms with van der Waals surface area (Å²) in [4.78, 5) is 33.8. The number of aromatic nitrogens is 6. The lowest BCUT2D eigenvalue weighted by Gasteiger charge is -2.15. The van der Waals surface area contributed by atoms with Gasteiger partial charge in [-0.15, -0.1) is 0 Å². The maximum absolute atomic E-state index is 12.8. The molecule has 164 valence electrons. The predicted molar refractivity (Wildman–Crippen MR) is 119 cm³/mol. The summed E-state index contributed by atoms with van der Waals surface area (Å²) in [6, 6.07) is 7.24. The number of nitrogens with zero attached hydrogens (tertiary/aromatic N) is 5. The number of H-pyrrole nitrogens is 1. The van der Waals surface area contributed by atoms with Crippen molar-refractivity contribution in [2.24, 2.45) is 20.0 Å². The summed E-state index contributed by atoms with van der Waals surface area (Å²) in [6.07, 6.45) is 3.24. The van der Waals surface area contributed by atoms with Gasteiger partial charge in [0.25, 0.3) is 5.56 Å². The molecule has 0 spiro atoms. The smallest absolute Gasteiger partial charge is 0.277 e. The van der Waals surface area contributed by atoms with Gasteiger partial charge in [-0.25, -0.2) is 14.6 Å². The monoisotopic (exact) mass is 434 g/mol. The van der Waals surface area contributed by atoms with E-state index in [-0.39, 0.29) is 17.4 Å². The molecule has 4 aromatic rings. The largest absolute Gasteiger partial charge is 0.494 e. The van der Waals surface area contributed by atoms with Crippen LogP contribution in [0.25, 0.3) is 22.4 Å². The molecule has 11 heteroatoms.